The second kappa shape index (κ2) is 10.3. The number of nitrogens with one attached hydrogen (secondary N) is 1. The van der Waals surface area contributed by atoms with E-state index in [9.17, 15) is 4.79 Å². The lowest BCUT2D eigenvalue weighted by atomic mass is 10.1. The number of anilines is 3. The number of carbonyl (C=O) groups excluding carboxylic acids is 1. The van der Waals surface area contributed by atoms with E-state index in [0.717, 1.165) is 53.8 Å². The Morgan fingerprint density at radius 2 is 1.88 bits per heavy atom. The Labute approximate surface area is 195 Å². The Kier molecular flexibility index (Phi) is 7.07. The molecule has 2 aromatic heterocycles. The molecular formula is C26H31N5O2. The van der Waals surface area contributed by atoms with E-state index in [0.29, 0.717) is 13.0 Å². The Morgan fingerprint density at radius 1 is 1.12 bits per heavy atom. The molecule has 1 fully saturated rings. The molecule has 0 spiro atoms. The third-order valence-corrected chi connectivity index (χ3v) is 5.98. The molecule has 3 heterocycles. The molecule has 0 radical (unpaired) electrons. The fourth-order valence-corrected chi connectivity index (χ4v) is 4.21. The van der Waals surface area contributed by atoms with Crippen molar-refractivity contribution in [3.63, 3.8) is 0 Å². The fourth-order valence-electron chi connectivity index (χ4n) is 4.21. The van der Waals surface area contributed by atoms with Gasteiger partial charge in [-0.2, -0.15) is 0 Å². The van der Waals surface area contributed by atoms with Gasteiger partial charge in [-0.05, 0) is 56.2 Å². The zero-order chi connectivity index (χ0) is 23.2. The highest BCUT2D eigenvalue weighted by Crippen LogP contribution is 2.32. The Balaban J connectivity index is 1.40. The molecule has 1 saturated heterocycles. The summed E-state index contributed by atoms with van der Waals surface area (Å²) >= 11 is 0. The number of aryl methyl sites for hydroxylation is 1. The molecule has 0 unspecified atom stereocenters. The topological polar surface area (TPSA) is 70.6 Å². The van der Waals surface area contributed by atoms with E-state index in [-0.39, 0.29) is 11.9 Å². The largest absolute Gasteiger partial charge is 0.497 e. The maximum absolute atomic E-state index is 13.1. The van der Waals surface area contributed by atoms with Crippen molar-refractivity contribution in [3.05, 3.63) is 72.1 Å². The molecule has 0 aliphatic carbocycles. The van der Waals surface area contributed by atoms with Crippen LogP contribution < -0.4 is 15.0 Å². The minimum atomic E-state index is 0.00634. The van der Waals surface area contributed by atoms with E-state index >= 15 is 0 Å². The molecule has 0 bridgehead atoms. The number of nitrogens with zero attached hydrogens (tertiary/aromatic N) is 4. The molecular weight excluding hydrogens is 414 g/mol. The van der Waals surface area contributed by atoms with Crippen molar-refractivity contribution in [2.75, 3.05) is 37.5 Å². The number of amides is 1. The van der Waals surface area contributed by atoms with Gasteiger partial charge in [-0.3, -0.25) is 4.79 Å². The smallest absolute Gasteiger partial charge is 0.224 e. The first-order chi connectivity index (χ1) is 16.0. The number of ether oxygens (including phenoxy) is 1. The first kappa shape index (κ1) is 22.6. The predicted molar refractivity (Wildman–Crippen MR) is 131 cm³/mol. The number of benzene rings is 1. The van der Waals surface area contributed by atoms with Gasteiger partial charge in [0.1, 0.15) is 17.4 Å². The standard InChI is InChI=1S/C26H31N5O2/c1-19-8-4-13-24(27-19)29-25-14-6-11-22(28-25)23-12-7-16-31(23)26(32)15-17-30(2)20-9-5-10-21(18-20)33-3/h4-6,8-11,13-14,18,23H,7,12,15-17H2,1-3H3,(H,27,28,29)/t23-/m0/s1. The van der Waals surface area contributed by atoms with Gasteiger partial charge in [-0.1, -0.05) is 18.2 Å². The maximum atomic E-state index is 13.1. The monoisotopic (exact) mass is 445 g/mol. The van der Waals surface area contributed by atoms with Crippen molar-refractivity contribution in [1.29, 1.82) is 0 Å². The van der Waals surface area contributed by atoms with Crippen LogP contribution in [-0.4, -0.2) is 48.0 Å². The van der Waals surface area contributed by atoms with Gasteiger partial charge in [0.05, 0.1) is 18.8 Å². The van der Waals surface area contributed by atoms with Gasteiger partial charge in [-0.25, -0.2) is 9.97 Å². The number of likely N-dealkylation sites (tertiary alicyclic amines) is 1. The molecule has 3 aromatic rings. The van der Waals surface area contributed by atoms with Gasteiger partial charge in [0.15, 0.2) is 0 Å². The molecule has 172 valence electrons. The van der Waals surface area contributed by atoms with Gasteiger partial charge in [0.25, 0.3) is 0 Å². The van der Waals surface area contributed by atoms with Crippen LogP contribution in [-0.2, 0) is 4.79 Å². The molecule has 1 amide bonds. The molecule has 7 nitrogen and oxygen atoms in total. The normalized spacial score (nSPS) is 15.4. The average Bonchev–Trinajstić information content (AvgIpc) is 3.33. The van der Waals surface area contributed by atoms with Gasteiger partial charge in [0.2, 0.25) is 5.91 Å². The lowest BCUT2D eigenvalue weighted by molar-refractivity contribution is -0.132. The molecule has 7 heteroatoms. The van der Waals surface area contributed by atoms with Crippen LogP contribution in [0.4, 0.5) is 17.3 Å². The minimum Gasteiger partial charge on any atom is -0.497 e. The van der Waals surface area contributed by atoms with Gasteiger partial charge < -0.3 is 19.9 Å². The Morgan fingerprint density at radius 3 is 2.67 bits per heavy atom. The van der Waals surface area contributed by atoms with Crippen LogP contribution in [0, 0.1) is 6.92 Å². The molecule has 0 saturated carbocycles. The Bertz CT molecular complexity index is 1100. The highest BCUT2D eigenvalue weighted by molar-refractivity contribution is 5.77. The maximum Gasteiger partial charge on any atom is 0.224 e. The van der Waals surface area contributed by atoms with Gasteiger partial charge in [0, 0.05) is 44.0 Å². The molecule has 1 N–H and O–H groups in total. The van der Waals surface area contributed by atoms with Crippen LogP contribution in [0.15, 0.2) is 60.7 Å². The summed E-state index contributed by atoms with van der Waals surface area (Å²) in [5.41, 5.74) is 2.90. The molecule has 1 aliphatic heterocycles. The summed E-state index contributed by atoms with van der Waals surface area (Å²) in [6.07, 6.45) is 2.37. The highest BCUT2D eigenvalue weighted by Gasteiger charge is 2.30. The number of aromatic nitrogens is 2. The molecule has 33 heavy (non-hydrogen) atoms. The van der Waals surface area contributed by atoms with E-state index in [1.165, 1.54) is 0 Å². The van der Waals surface area contributed by atoms with E-state index in [4.69, 9.17) is 9.72 Å². The second-order valence-electron chi connectivity index (χ2n) is 8.36. The first-order valence-corrected chi connectivity index (χ1v) is 11.4. The van der Waals surface area contributed by atoms with Gasteiger partial charge in [-0.15, -0.1) is 0 Å². The first-order valence-electron chi connectivity index (χ1n) is 11.4. The van der Waals surface area contributed by atoms with E-state index in [1.807, 2.05) is 79.5 Å². The number of hydrogen-bond donors (Lipinski definition) is 1. The molecule has 4 rings (SSSR count). The van der Waals surface area contributed by atoms with Crippen LogP contribution in [0.2, 0.25) is 0 Å². The number of pyridine rings is 2. The fraction of sp³-hybridized carbons (Fsp3) is 0.346. The second-order valence-corrected chi connectivity index (χ2v) is 8.36. The van der Waals surface area contributed by atoms with Crippen molar-refractivity contribution in [1.82, 2.24) is 14.9 Å². The summed E-state index contributed by atoms with van der Waals surface area (Å²) in [5, 5.41) is 3.28. The zero-order valence-electron chi connectivity index (χ0n) is 19.5. The van der Waals surface area contributed by atoms with Crippen LogP contribution in [0.3, 0.4) is 0 Å². The van der Waals surface area contributed by atoms with E-state index < -0.39 is 0 Å². The summed E-state index contributed by atoms with van der Waals surface area (Å²) in [4.78, 5) is 26.5. The Hall–Kier alpha value is -3.61. The number of hydrogen-bond acceptors (Lipinski definition) is 6. The third-order valence-electron chi connectivity index (χ3n) is 5.98. The lowest BCUT2D eigenvalue weighted by Gasteiger charge is -2.26. The van der Waals surface area contributed by atoms with Crippen LogP contribution in [0.1, 0.15) is 36.7 Å². The van der Waals surface area contributed by atoms with Gasteiger partial charge >= 0.3 is 0 Å². The summed E-state index contributed by atoms with van der Waals surface area (Å²) in [7, 11) is 3.66. The minimum absolute atomic E-state index is 0.00634. The quantitative estimate of drug-likeness (QED) is 0.541. The highest BCUT2D eigenvalue weighted by atomic mass is 16.5. The summed E-state index contributed by atoms with van der Waals surface area (Å²) in [5.74, 6) is 2.47. The molecule has 1 aliphatic rings. The zero-order valence-corrected chi connectivity index (χ0v) is 19.5. The predicted octanol–water partition coefficient (Wildman–Crippen LogP) is 4.73. The van der Waals surface area contributed by atoms with Crippen LogP contribution >= 0.6 is 0 Å². The van der Waals surface area contributed by atoms with Crippen molar-refractivity contribution in [3.8, 4) is 5.75 Å². The molecule has 1 atom stereocenters. The van der Waals surface area contributed by atoms with Crippen LogP contribution in [0.25, 0.3) is 0 Å². The van der Waals surface area contributed by atoms with E-state index in [1.54, 1.807) is 7.11 Å². The lowest BCUT2D eigenvalue weighted by Crippen LogP contribution is -2.33. The summed E-state index contributed by atoms with van der Waals surface area (Å²) in [6, 6.07) is 19.7. The van der Waals surface area contributed by atoms with Crippen molar-refractivity contribution >= 4 is 23.2 Å². The molecule has 1 aromatic carbocycles. The summed E-state index contributed by atoms with van der Waals surface area (Å²) < 4.78 is 5.31. The van der Waals surface area contributed by atoms with Crippen molar-refractivity contribution < 1.29 is 9.53 Å². The summed E-state index contributed by atoms with van der Waals surface area (Å²) in [6.45, 7) is 3.37. The number of methoxy groups -OCH3 is 1. The van der Waals surface area contributed by atoms with Crippen LogP contribution in [0.5, 0.6) is 5.75 Å². The third kappa shape index (κ3) is 5.61. The average molecular weight is 446 g/mol. The van der Waals surface area contributed by atoms with Crippen molar-refractivity contribution in [2.24, 2.45) is 0 Å². The van der Waals surface area contributed by atoms with Crippen molar-refractivity contribution in [2.45, 2.75) is 32.2 Å². The number of rotatable bonds is 8. The number of carbonyl (C=O) groups is 1. The van der Waals surface area contributed by atoms with E-state index in [2.05, 4.69) is 15.2 Å². The SMILES string of the molecule is COc1cccc(N(C)CCC(=O)N2CCC[C@H]2c2cccc(Nc3cccc(C)n3)n2)c1.